The maximum atomic E-state index is 13.0. The SMILES string of the molecule is Cc1cccc(CN(C(=O)c2ccc(NC(=O)C(C)C)cc2)C2CC2)c1. The van der Waals surface area contributed by atoms with E-state index in [1.165, 1.54) is 5.56 Å². The molecule has 4 heteroatoms. The van der Waals surface area contributed by atoms with E-state index in [2.05, 4.69) is 30.4 Å². The summed E-state index contributed by atoms with van der Waals surface area (Å²) in [6.07, 6.45) is 2.14. The maximum absolute atomic E-state index is 13.0. The van der Waals surface area contributed by atoms with Gasteiger partial charge in [-0.15, -0.1) is 0 Å². The summed E-state index contributed by atoms with van der Waals surface area (Å²) in [5, 5.41) is 2.85. The Morgan fingerprint density at radius 3 is 2.38 bits per heavy atom. The lowest BCUT2D eigenvalue weighted by atomic mass is 10.1. The van der Waals surface area contributed by atoms with Crippen molar-refractivity contribution < 1.29 is 9.59 Å². The number of carbonyl (C=O) groups excluding carboxylic acids is 2. The van der Waals surface area contributed by atoms with Crippen LogP contribution in [0.25, 0.3) is 0 Å². The first-order valence-electron chi connectivity index (χ1n) is 9.21. The van der Waals surface area contributed by atoms with Gasteiger partial charge in [-0.3, -0.25) is 9.59 Å². The highest BCUT2D eigenvalue weighted by Crippen LogP contribution is 2.30. The van der Waals surface area contributed by atoms with Gasteiger partial charge in [-0.1, -0.05) is 43.7 Å². The number of anilines is 1. The van der Waals surface area contributed by atoms with Gasteiger partial charge in [0.25, 0.3) is 5.91 Å². The molecule has 1 aliphatic carbocycles. The summed E-state index contributed by atoms with van der Waals surface area (Å²) in [4.78, 5) is 26.7. The summed E-state index contributed by atoms with van der Waals surface area (Å²) in [5.74, 6) is -0.0464. The van der Waals surface area contributed by atoms with Crippen molar-refractivity contribution in [2.24, 2.45) is 5.92 Å². The van der Waals surface area contributed by atoms with Crippen LogP contribution >= 0.6 is 0 Å². The Kier molecular flexibility index (Phi) is 5.40. The lowest BCUT2D eigenvalue weighted by Gasteiger charge is -2.23. The Bertz CT molecular complexity index is 792. The highest BCUT2D eigenvalue weighted by molar-refractivity contribution is 5.96. The molecule has 2 amide bonds. The number of carbonyl (C=O) groups is 2. The van der Waals surface area contributed by atoms with Crippen molar-refractivity contribution >= 4 is 17.5 Å². The van der Waals surface area contributed by atoms with E-state index in [9.17, 15) is 9.59 Å². The average molecular weight is 350 g/mol. The molecule has 1 saturated carbocycles. The monoisotopic (exact) mass is 350 g/mol. The van der Waals surface area contributed by atoms with Crippen LogP contribution in [-0.2, 0) is 11.3 Å². The highest BCUT2D eigenvalue weighted by Gasteiger charge is 2.33. The third kappa shape index (κ3) is 4.51. The van der Waals surface area contributed by atoms with E-state index in [1.807, 2.05) is 24.8 Å². The van der Waals surface area contributed by atoms with Crippen LogP contribution < -0.4 is 5.32 Å². The second-order valence-electron chi connectivity index (χ2n) is 7.37. The van der Waals surface area contributed by atoms with Gasteiger partial charge in [-0.25, -0.2) is 0 Å². The normalized spacial score (nSPS) is 13.5. The van der Waals surface area contributed by atoms with E-state index in [-0.39, 0.29) is 17.7 Å². The molecule has 1 aliphatic rings. The van der Waals surface area contributed by atoms with Crippen LogP contribution in [0, 0.1) is 12.8 Å². The Morgan fingerprint density at radius 1 is 1.12 bits per heavy atom. The van der Waals surface area contributed by atoms with Crippen molar-refractivity contribution in [1.29, 1.82) is 0 Å². The summed E-state index contributed by atoms with van der Waals surface area (Å²) >= 11 is 0. The van der Waals surface area contributed by atoms with Crippen LogP contribution in [0.4, 0.5) is 5.69 Å². The molecule has 2 aromatic rings. The summed E-state index contributed by atoms with van der Waals surface area (Å²) in [7, 11) is 0. The highest BCUT2D eigenvalue weighted by atomic mass is 16.2. The van der Waals surface area contributed by atoms with Gasteiger partial charge >= 0.3 is 0 Å². The van der Waals surface area contributed by atoms with Crippen LogP contribution in [0.15, 0.2) is 48.5 Å². The molecule has 4 nitrogen and oxygen atoms in total. The van der Waals surface area contributed by atoms with E-state index < -0.39 is 0 Å². The lowest BCUT2D eigenvalue weighted by molar-refractivity contribution is -0.118. The molecule has 0 bridgehead atoms. The number of benzene rings is 2. The molecule has 0 spiro atoms. The number of nitrogens with one attached hydrogen (secondary N) is 1. The molecule has 0 aliphatic heterocycles. The van der Waals surface area contributed by atoms with Gasteiger partial charge in [-0.2, -0.15) is 0 Å². The second kappa shape index (κ2) is 7.73. The topological polar surface area (TPSA) is 49.4 Å². The number of hydrogen-bond acceptors (Lipinski definition) is 2. The molecule has 26 heavy (non-hydrogen) atoms. The summed E-state index contributed by atoms with van der Waals surface area (Å²) < 4.78 is 0. The number of nitrogens with zero attached hydrogens (tertiary/aromatic N) is 1. The zero-order chi connectivity index (χ0) is 18.7. The molecule has 1 N–H and O–H groups in total. The lowest BCUT2D eigenvalue weighted by Crippen LogP contribution is -2.32. The van der Waals surface area contributed by atoms with E-state index in [4.69, 9.17) is 0 Å². The molecule has 0 radical (unpaired) electrons. The average Bonchev–Trinajstić information content (AvgIpc) is 3.44. The first-order valence-corrected chi connectivity index (χ1v) is 9.21. The molecule has 0 aromatic heterocycles. The Morgan fingerprint density at radius 2 is 1.81 bits per heavy atom. The first-order chi connectivity index (χ1) is 12.4. The molecule has 0 saturated heterocycles. The van der Waals surface area contributed by atoms with Crippen molar-refractivity contribution in [2.75, 3.05) is 5.32 Å². The minimum Gasteiger partial charge on any atom is -0.331 e. The summed E-state index contributed by atoms with van der Waals surface area (Å²) in [6, 6.07) is 15.8. The van der Waals surface area contributed by atoms with Crippen molar-refractivity contribution in [2.45, 2.75) is 46.2 Å². The molecule has 136 valence electrons. The summed E-state index contributed by atoms with van der Waals surface area (Å²) in [6.45, 7) is 6.41. The van der Waals surface area contributed by atoms with Gasteiger partial charge < -0.3 is 10.2 Å². The molecule has 1 fully saturated rings. The molecule has 3 rings (SSSR count). The zero-order valence-electron chi connectivity index (χ0n) is 15.7. The first kappa shape index (κ1) is 18.2. The second-order valence-corrected chi connectivity index (χ2v) is 7.37. The molecule has 0 atom stereocenters. The van der Waals surface area contributed by atoms with E-state index in [1.54, 1.807) is 24.3 Å². The fraction of sp³-hybridized carbons (Fsp3) is 0.364. The van der Waals surface area contributed by atoms with Gasteiger partial charge in [0.1, 0.15) is 0 Å². The van der Waals surface area contributed by atoms with Crippen molar-refractivity contribution in [3.8, 4) is 0 Å². The van der Waals surface area contributed by atoms with Crippen molar-refractivity contribution in [3.05, 3.63) is 65.2 Å². The van der Waals surface area contributed by atoms with Crippen LogP contribution in [0.5, 0.6) is 0 Å². The molecular formula is C22H26N2O2. The van der Waals surface area contributed by atoms with Gasteiger partial charge in [0, 0.05) is 29.8 Å². The number of amides is 2. The number of rotatable bonds is 6. The van der Waals surface area contributed by atoms with Crippen LogP contribution in [0.3, 0.4) is 0 Å². The van der Waals surface area contributed by atoms with E-state index in [0.717, 1.165) is 24.1 Å². The zero-order valence-corrected chi connectivity index (χ0v) is 15.7. The van der Waals surface area contributed by atoms with Crippen LogP contribution in [-0.4, -0.2) is 22.8 Å². The predicted molar refractivity (Wildman–Crippen MR) is 104 cm³/mol. The molecule has 0 heterocycles. The predicted octanol–water partition coefficient (Wildman–Crippen LogP) is 4.39. The smallest absolute Gasteiger partial charge is 0.254 e. The fourth-order valence-corrected chi connectivity index (χ4v) is 2.91. The molecule has 0 unspecified atom stereocenters. The van der Waals surface area contributed by atoms with Crippen LogP contribution in [0.2, 0.25) is 0 Å². The van der Waals surface area contributed by atoms with E-state index >= 15 is 0 Å². The van der Waals surface area contributed by atoms with Gasteiger partial charge in [-0.05, 0) is 49.6 Å². The van der Waals surface area contributed by atoms with Gasteiger partial charge in [0.2, 0.25) is 5.91 Å². The van der Waals surface area contributed by atoms with E-state index in [0.29, 0.717) is 18.2 Å². The number of aryl methyl sites for hydroxylation is 1. The standard InChI is InChI=1S/C22H26N2O2/c1-15(2)21(25)23-19-9-7-18(8-10-19)22(26)24(20-11-12-20)14-17-6-4-5-16(3)13-17/h4-10,13,15,20H,11-12,14H2,1-3H3,(H,23,25). The van der Waals surface area contributed by atoms with Gasteiger partial charge in [0.05, 0.1) is 0 Å². The van der Waals surface area contributed by atoms with Crippen molar-refractivity contribution in [1.82, 2.24) is 4.90 Å². The fourth-order valence-electron chi connectivity index (χ4n) is 2.91. The Balaban J connectivity index is 1.72. The molecule has 2 aromatic carbocycles. The third-order valence-corrected chi connectivity index (χ3v) is 4.61. The summed E-state index contributed by atoms with van der Waals surface area (Å²) in [5.41, 5.74) is 3.74. The minimum atomic E-state index is -0.0732. The maximum Gasteiger partial charge on any atom is 0.254 e. The Labute approximate surface area is 155 Å². The van der Waals surface area contributed by atoms with Crippen LogP contribution in [0.1, 0.15) is 48.2 Å². The quantitative estimate of drug-likeness (QED) is 0.840. The van der Waals surface area contributed by atoms with Crippen molar-refractivity contribution in [3.63, 3.8) is 0 Å². The third-order valence-electron chi connectivity index (χ3n) is 4.61. The largest absolute Gasteiger partial charge is 0.331 e. The minimum absolute atomic E-state index is 0.0249. The Hall–Kier alpha value is -2.62. The van der Waals surface area contributed by atoms with Gasteiger partial charge in [0.15, 0.2) is 0 Å². The number of hydrogen-bond donors (Lipinski definition) is 1. The molecular weight excluding hydrogens is 324 g/mol.